The van der Waals surface area contributed by atoms with Gasteiger partial charge >= 0.3 is 0 Å². The molecule has 10 heteroatoms. The summed E-state index contributed by atoms with van der Waals surface area (Å²) < 4.78 is 27.2. The Bertz CT molecular complexity index is 985. The van der Waals surface area contributed by atoms with Gasteiger partial charge in [0.1, 0.15) is 10.9 Å². The molecule has 1 N–H and O–H groups in total. The van der Waals surface area contributed by atoms with Crippen LogP contribution in [-0.2, 0) is 9.59 Å². The van der Waals surface area contributed by atoms with Gasteiger partial charge in [-0.1, -0.05) is 23.7 Å². The molecule has 146 valence electrons. The van der Waals surface area contributed by atoms with Gasteiger partial charge in [-0.15, -0.1) is 0 Å². The molecule has 1 aliphatic rings. The normalized spacial score (nSPS) is 19.0. The van der Waals surface area contributed by atoms with Crippen LogP contribution in [0.15, 0.2) is 36.4 Å². The summed E-state index contributed by atoms with van der Waals surface area (Å²) in [6.45, 7) is 0.126. The highest BCUT2D eigenvalue weighted by molar-refractivity contribution is 6.32. The maximum Gasteiger partial charge on any atom is 0.288 e. The maximum atomic E-state index is 13.9. The van der Waals surface area contributed by atoms with Gasteiger partial charge in [-0.2, -0.15) is 0 Å². The predicted octanol–water partition coefficient (Wildman–Crippen LogP) is 3.34. The van der Waals surface area contributed by atoms with Crippen LogP contribution in [0.25, 0.3) is 0 Å². The van der Waals surface area contributed by atoms with Gasteiger partial charge in [0.05, 0.1) is 10.6 Å². The number of rotatable bonds is 4. The van der Waals surface area contributed by atoms with Gasteiger partial charge in [0.2, 0.25) is 11.8 Å². The molecule has 0 saturated carbocycles. The number of nitro benzene ring substituents is 1. The van der Waals surface area contributed by atoms with Crippen LogP contribution in [0.1, 0.15) is 11.5 Å². The zero-order valence-corrected chi connectivity index (χ0v) is 15.2. The van der Waals surface area contributed by atoms with E-state index in [9.17, 15) is 28.5 Å². The van der Waals surface area contributed by atoms with Crippen LogP contribution in [-0.4, -0.2) is 35.2 Å². The Hall–Kier alpha value is -3.07. The maximum absolute atomic E-state index is 13.9. The van der Waals surface area contributed by atoms with Gasteiger partial charge < -0.3 is 10.2 Å². The average Bonchev–Trinajstić information content (AvgIpc) is 2.94. The largest absolute Gasteiger partial charge is 0.344 e. The first-order chi connectivity index (χ1) is 13.2. The molecule has 0 radical (unpaired) electrons. The molecule has 0 aromatic heterocycles. The molecule has 1 saturated heterocycles. The first-order valence-corrected chi connectivity index (χ1v) is 8.52. The number of hydrogen-bond acceptors (Lipinski definition) is 4. The number of nitrogens with one attached hydrogen (secondary N) is 1. The van der Waals surface area contributed by atoms with E-state index in [4.69, 9.17) is 11.6 Å². The van der Waals surface area contributed by atoms with E-state index in [1.54, 1.807) is 0 Å². The Morgan fingerprint density at radius 2 is 2.04 bits per heavy atom. The minimum absolute atomic E-state index is 0.0748. The summed E-state index contributed by atoms with van der Waals surface area (Å²) in [6.07, 6.45) is 0. The van der Waals surface area contributed by atoms with E-state index in [0.29, 0.717) is 5.56 Å². The SMILES string of the molecule is CN1CC(c2ccc(Cl)c([N+](=O)[O-])c2)C(C(=O)Nc2cccc(F)c2F)C1=O. The summed E-state index contributed by atoms with van der Waals surface area (Å²) >= 11 is 5.82. The van der Waals surface area contributed by atoms with Crippen molar-refractivity contribution in [1.82, 2.24) is 4.90 Å². The number of benzene rings is 2. The van der Waals surface area contributed by atoms with Gasteiger partial charge in [-0.3, -0.25) is 19.7 Å². The summed E-state index contributed by atoms with van der Waals surface area (Å²) in [5, 5.41) is 13.3. The Kier molecular flexibility index (Phi) is 5.28. The van der Waals surface area contributed by atoms with Crippen molar-refractivity contribution >= 4 is 34.8 Å². The van der Waals surface area contributed by atoms with Crippen LogP contribution in [0.4, 0.5) is 20.2 Å². The Balaban J connectivity index is 1.95. The van der Waals surface area contributed by atoms with Crippen LogP contribution in [0.5, 0.6) is 0 Å². The lowest BCUT2D eigenvalue weighted by Gasteiger charge is -2.17. The second-order valence-corrected chi connectivity index (χ2v) is 6.77. The summed E-state index contributed by atoms with van der Waals surface area (Å²) in [4.78, 5) is 37.0. The molecule has 7 nitrogen and oxygen atoms in total. The van der Waals surface area contributed by atoms with Crippen molar-refractivity contribution in [3.05, 3.63) is 68.7 Å². The first-order valence-electron chi connectivity index (χ1n) is 8.14. The number of hydrogen-bond donors (Lipinski definition) is 1. The van der Waals surface area contributed by atoms with Crippen molar-refractivity contribution in [2.45, 2.75) is 5.92 Å². The van der Waals surface area contributed by atoms with Gasteiger partial charge in [0, 0.05) is 25.6 Å². The molecule has 1 heterocycles. The van der Waals surface area contributed by atoms with Gasteiger partial charge in [0.15, 0.2) is 11.6 Å². The van der Waals surface area contributed by atoms with E-state index in [1.807, 2.05) is 0 Å². The van der Waals surface area contributed by atoms with E-state index >= 15 is 0 Å². The zero-order chi connectivity index (χ0) is 20.6. The lowest BCUT2D eigenvalue weighted by molar-refractivity contribution is -0.384. The molecule has 2 atom stereocenters. The van der Waals surface area contributed by atoms with Crippen molar-refractivity contribution < 1.29 is 23.3 Å². The molecule has 28 heavy (non-hydrogen) atoms. The fourth-order valence-corrected chi connectivity index (χ4v) is 3.39. The first kappa shape index (κ1) is 19.7. The summed E-state index contributed by atoms with van der Waals surface area (Å²) in [6, 6.07) is 7.31. The fourth-order valence-electron chi connectivity index (χ4n) is 3.20. The third-order valence-electron chi connectivity index (χ3n) is 4.60. The molecule has 3 rings (SSSR count). The van der Waals surface area contributed by atoms with E-state index in [2.05, 4.69) is 5.32 Å². The zero-order valence-electron chi connectivity index (χ0n) is 14.5. The molecular formula is C18H14ClF2N3O4. The number of halogens is 3. The standard InChI is InChI=1S/C18H14ClF2N3O4/c1-23-8-10(9-5-6-11(19)14(7-9)24(27)28)15(18(23)26)17(25)22-13-4-2-3-12(20)16(13)21/h2-7,10,15H,8H2,1H3,(H,22,25). The smallest absolute Gasteiger partial charge is 0.288 e. The topological polar surface area (TPSA) is 92.5 Å². The Labute approximate surface area is 163 Å². The van der Waals surface area contributed by atoms with Crippen LogP contribution in [0.2, 0.25) is 5.02 Å². The highest BCUT2D eigenvalue weighted by Gasteiger charge is 2.44. The molecule has 0 aliphatic carbocycles. The summed E-state index contributed by atoms with van der Waals surface area (Å²) in [5.41, 5.74) is -0.377. The van der Waals surface area contributed by atoms with Crippen molar-refractivity contribution in [2.24, 2.45) is 5.92 Å². The van der Waals surface area contributed by atoms with Crippen LogP contribution in [0, 0.1) is 27.7 Å². The quantitative estimate of drug-likeness (QED) is 0.476. The molecule has 2 amide bonds. The Morgan fingerprint density at radius 3 is 2.71 bits per heavy atom. The highest BCUT2D eigenvalue weighted by Crippen LogP contribution is 2.37. The second-order valence-electron chi connectivity index (χ2n) is 6.36. The molecule has 2 aromatic carbocycles. The van der Waals surface area contributed by atoms with E-state index in [-0.39, 0.29) is 17.3 Å². The average molecular weight is 410 g/mol. The minimum Gasteiger partial charge on any atom is -0.344 e. The number of anilines is 1. The predicted molar refractivity (Wildman–Crippen MR) is 97.0 cm³/mol. The van der Waals surface area contributed by atoms with Crippen LogP contribution < -0.4 is 5.32 Å². The van der Waals surface area contributed by atoms with Crippen molar-refractivity contribution in [3.63, 3.8) is 0 Å². The second kappa shape index (κ2) is 7.51. The third kappa shape index (κ3) is 3.53. The van der Waals surface area contributed by atoms with Gasteiger partial charge in [-0.25, -0.2) is 8.78 Å². The van der Waals surface area contributed by atoms with Crippen molar-refractivity contribution in [2.75, 3.05) is 18.9 Å². The number of nitro groups is 1. The van der Waals surface area contributed by atoms with E-state index in [1.165, 1.54) is 42.3 Å². The third-order valence-corrected chi connectivity index (χ3v) is 4.92. The van der Waals surface area contributed by atoms with Crippen molar-refractivity contribution in [3.8, 4) is 0 Å². The van der Waals surface area contributed by atoms with Gasteiger partial charge in [-0.05, 0) is 23.8 Å². The van der Waals surface area contributed by atoms with Crippen LogP contribution >= 0.6 is 11.6 Å². The van der Waals surface area contributed by atoms with Crippen molar-refractivity contribution in [1.29, 1.82) is 0 Å². The molecule has 1 aliphatic heterocycles. The lowest BCUT2D eigenvalue weighted by atomic mass is 9.87. The van der Waals surface area contributed by atoms with Crippen LogP contribution in [0.3, 0.4) is 0 Å². The number of carbonyl (C=O) groups excluding carboxylic acids is 2. The Morgan fingerprint density at radius 1 is 1.32 bits per heavy atom. The number of likely N-dealkylation sites (N-methyl/N-ethyl adjacent to an activating group) is 1. The van der Waals surface area contributed by atoms with E-state index < -0.39 is 45.9 Å². The number of amides is 2. The number of likely N-dealkylation sites (tertiary alicyclic amines) is 1. The molecule has 0 spiro atoms. The molecule has 1 fully saturated rings. The number of carbonyl (C=O) groups is 2. The highest BCUT2D eigenvalue weighted by atomic mass is 35.5. The van der Waals surface area contributed by atoms with Gasteiger partial charge in [0.25, 0.3) is 5.69 Å². The van der Waals surface area contributed by atoms with E-state index in [0.717, 1.165) is 6.07 Å². The summed E-state index contributed by atoms with van der Waals surface area (Å²) in [7, 11) is 1.48. The molecule has 0 bridgehead atoms. The summed E-state index contributed by atoms with van der Waals surface area (Å²) in [5.74, 6) is -5.72. The lowest BCUT2D eigenvalue weighted by Crippen LogP contribution is -2.33. The molecule has 2 unspecified atom stereocenters. The fraction of sp³-hybridized carbons (Fsp3) is 0.222. The molecule has 2 aromatic rings. The monoisotopic (exact) mass is 409 g/mol. The minimum atomic E-state index is -1.26. The molecular weight excluding hydrogens is 396 g/mol. The number of nitrogens with zero attached hydrogens (tertiary/aromatic N) is 2.